The zero-order valence-corrected chi connectivity index (χ0v) is 12.0. The number of pyridine rings is 1. The van der Waals surface area contributed by atoms with Crippen LogP contribution in [0, 0.1) is 0 Å². The highest BCUT2D eigenvalue weighted by atomic mass is 32.2. The van der Waals surface area contributed by atoms with Gasteiger partial charge in [0, 0.05) is 35.8 Å². The van der Waals surface area contributed by atoms with Crippen LogP contribution in [0.3, 0.4) is 0 Å². The summed E-state index contributed by atoms with van der Waals surface area (Å²) in [5, 5.41) is 2.76. The number of ether oxygens (including phenoxy) is 1. The standard InChI is InChI=1S/C15H16N2O2S/c1-19-10-15(18)17-13-4-6-14(7-5-13)20-11-12-3-2-8-16-9-12/h2-9H,10-11H2,1H3,(H,17,18). The summed E-state index contributed by atoms with van der Waals surface area (Å²) in [6, 6.07) is 11.7. The van der Waals surface area contributed by atoms with E-state index in [1.54, 1.807) is 18.0 Å². The molecule has 1 aromatic heterocycles. The second kappa shape index (κ2) is 7.67. The smallest absolute Gasteiger partial charge is 0.250 e. The Morgan fingerprint density at radius 3 is 2.75 bits per heavy atom. The zero-order chi connectivity index (χ0) is 14.2. The molecular weight excluding hydrogens is 272 g/mol. The van der Waals surface area contributed by atoms with Crippen LogP contribution in [-0.2, 0) is 15.3 Å². The maximum Gasteiger partial charge on any atom is 0.250 e. The van der Waals surface area contributed by atoms with Gasteiger partial charge in [-0.1, -0.05) is 6.07 Å². The van der Waals surface area contributed by atoms with Crippen molar-refractivity contribution < 1.29 is 9.53 Å². The maximum absolute atomic E-state index is 11.4. The average molecular weight is 288 g/mol. The first-order valence-electron chi connectivity index (χ1n) is 6.18. The Kier molecular flexibility index (Phi) is 5.58. The average Bonchev–Trinajstić information content (AvgIpc) is 2.48. The number of thioether (sulfide) groups is 1. The molecule has 4 nitrogen and oxygen atoms in total. The molecule has 0 saturated carbocycles. The molecule has 0 atom stereocenters. The molecule has 0 spiro atoms. The first-order valence-corrected chi connectivity index (χ1v) is 7.17. The van der Waals surface area contributed by atoms with Gasteiger partial charge in [0.05, 0.1) is 0 Å². The number of anilines is 1. The van der Waals surface area contributed by atoms with Crippen LogP contribution < -0.4 is 5.32 Å². The third-order valence-electron chi connectivity index (χ3n) is 2.54. The highest BCUT2D eigenvalue weighted by Gasteiger charge is 2.01. The van der Waals surface area contributed by atoms with Crippen LogP contribution in [0.15, 0.2) is 53.7 Å². The van der Waals surface area contributed by atoms with Gasteiger partial charge < -0.3 is 10.1 Å². The molecule has 1 heterocycles. The molecule has 1 amide bonds. The van der Waals surface area contributed by atoms with Crippen LogP contribution in [0.5, 0.6) is 0 Å². The van der Waals surface area contributed by atoms with Crippen molar-refractivity contribution in [3.63, 3.8) is 0 Å². The van der Waals surface area contributed by atoms with Gasteiger partial charge in [-0.15, -0.1) is 11.8 Å². The molecule has 2 aromatic rings. The molecule has 0 unspecified atom stereocenters. The van der Waals surface area contributed by atoms with Gasteiger partial charge in [-0.25, -0.2) is 0 Å². The Morgan fingerprint density at radius 1 is 1.30 bits per heavy atom. The van der Waals surface area contributed by atoms with E-state index in [1.165, 1.54) is 12.7 Å². The van der Waals surface area contributed by atoms with E-state index < -0.39 is 0 Å². The molecule has 0 aliphatic carbocycles. The Morgan fingerprint density at radius 2 is 2.10 bits per heavy atom. The van der Waals surface area contributed by atoms with E-state index in [-0.39, 0.29) is 12.5 Å². The minimum atomic E-state index is -0.150. The lowest BCUT2D eigenvalue weighted by Gasteiger charge is -2.06. The third-order valence-corrected chi connectivity index (χ3v) is 3.62. The lowest BCUT2D eigenvalue weighted by atomic mass is 10.3. The van der Waals surface area contributed by atoms with Gasteiger partial charge in [-0.3, -0.25) is 9.78 Å². The van der Waals surface area contributed by atoms with Crippen LogP contribution in [0.2, 0.25) is 0 Å². The third kappa shape index (κ3) is 4.68. The minimum Gasteiger partial charge on any atom is -0.375 e. The van der Waals surface area contributed by atoms with Crippen molar-refractivity contribution in [3.05, 3.63) is 54.4 Å². The highest BCUT2D eigenvalue weighted by molar-refractivity contribution is 7.98. The van der Waals surface area contributed by atoms with Gasteiger partial charge >= 0.3 is 0 Å². The normalized spacial score (nSPS) is 10.2. The monoisotopic (exact) mass is 288 g/mol. The van der Waals surface area contributed by atoms with E-state index in [1.807, 2.05) is 36.5 Å². The number of aromatic nitrogens is 1. The van der Waals surface area contributed by atoms with E-state index >= 15 is 0 Å². The maximum atomic E-state index is 11.4. The SMILES string of the molecule is COCC(=O)Nc1ccc(SCc2cccnc2)cc1. The molecule has 0 aliphatic rings. The van der Waals surface area contributed by atoms with Crippen molar-refractivity contribution in [2.75, 3.05) is 19.0 Å². The Balaban J connectivity index is 1.87. The van der Waals surface area contributed by atoms with E-state index in [9.17, 15) is 4.79 Å². The Bertz CT molecular complexity index is 544. The van der Waals surface area contributed by atoms with Gasteiger partial charge in [-0.2, -0.15) is 0 Å². The van der Waals surface area contributed by atoms with Crippen molar-refractivity contribution in [1.29, 1.82) is 0 Å². The molecule has 104 valence electrons. The number of hydrogen-bond donors (Lipinski definition) is 1. The number of hydrogen-bond acceptors (Lipinski definition) is 4. The summed E-state index contributed by atoms with van der Waals surface area (Å²) >= 11 is 1.73. The summed E-state index contributed by atoms with van der Waals surface area (Å²) in [6.07, 6.45) is 3.64. The molecule has 0 bridgehead atoms. The largest absolute Gasteiger partial charge is 0.375 e. The van der Waals surface area contributed by atoms with Crippen LogP contribution in [0.25, 0.3) is 0 Å². The van der Waals surface area contributed by atoms with Crippen molar-refractivity contribution in [2.24, 2.45) is 0 Å². The summed E-state index contributed by atoms with van der Waals surface area (Å²) in [7, 11) is 1.50. The number of amides is 1. The van der Waals surface area contributed by atoms with Crippen LogP contribution in [0.1, 0.15) is 5.56 Å². The van der Waals surface area contributed by atoms with Gasteiger partial charge in [0.1, 0.15) is 6.61 Å². The molecule has 1 N–H and O–H groups in total. The summed E-state index contributed by atoms with van der Waals surface area (Å²) in [6.45, 7) is 0.0670. The van der Waals surface area contributed by atoms with Crippen LogP contribution >= 0.6 is 11.8 Å². The van der Waals surface area contributed by atoms with E-state index in [4.69, 9.17) is 4.74 Å². The fourth-order valence-electron chi connectivity index (χ4n) is 1.61. The number of nitrogens with zero attached hydrogens (tertiary/aromatic N) is 1. The minimum absolute atomic E-state index is 0.0670. The topological polar surface area (TPSA) is 51.2 Å². The number of carbonyl (C=O) groups is 1. The van der Waals surface area contributed by atoms with E-state index in [0.717, 1.165) is 16.3 Å². The van der Waals surface area contributed by atoms with Crippen molar-refractivity contribution in [2.45, 2.75) is 10.6 Å². The van der Waals surface area contributed by atoms with Gasteiger partial charge in [0.25, 0.3) is 0 Å². The molecule has 0 radical (unpaired) electrons. The summed E-state index contributed by atoms with van der Waals surface area (Å²) in [5.74, 6) is 0.728. The van der Waals surface area contributed by atoms with Crippen LogP contribution in [-0.4, -0.2) is 24.6 Å². The fourth-order valence-corrected chi connectivity index (χ4v) is 2.45. The predicted molar refractivity (Wildman–Crippen MR) is 80.7 cm³/mol. The lowest BCUT2D eigenvalue weighted by Crippen LogP contribution is -2.16. The summed E-state index contributed by atoms with van der Waals surface area (Å²) in [4.78, 5) is 16.6. The number of carbonyl (C=O) groups excluding carboxylic acids is 1. The second-order valence-corrected chi connectivity index (χ2v) is 5.20. The van der Waals surface area contributed by atoms with E-state index in [0.29, 0.717) is 0 Å². The molecule has 1 aromatic carbocycles. The molecule has 0 fully saturated rings. The van der Waals surface area contributed by atoms with E-state index in [2.05, 4.69) is 16.4 Å². The highest BCUT2D eigenvalue weighted by Crippen LogP contribution is 2.23. The predicted octanol–water partition coefficient (Wildman–Crippen LogP) is 2.96. The molecule has 0 saturated heterocycles. The number of methoxy groups -OCH3 is 1. The first-order chi connectivity index (χ1) is 9.78. The molecule has 2 rings (SSSR count). The van der Waals surface area contributed by atoms with Crippen LogP contribution in [0.4, 0.5) is 5.69 Å². The number of nitrogens with one attached hydrogen (secondary N) is 1. The van der Waals surface area contributed by atoms with Gasteiger partial charge in [-0.05, 0) is 35.9 Å². The van der Waals surface area contributed by atoms with Crippen molar-refractivity contribution in [1.82, 2.24) is 4.98 Å². The zero-order valence-electron chi connectivity index (χ0n) is 11.2. The molecule has 5 heteroatoms. The summed E-state index contributed by atoms with van der Waals surface area (Å²) in [5.41, 5.74) is 1.97. The Hall–Kier alpha value is -1.85. The van der Waals surface area contributed by atoms with Gasteiger partial charge in [0.15, 0.2) is 0 Å². The number of rotatable bonds is 6. The first kappa shape index (κ1) is 14.6. The fraction of sp³-hybridized carbons (Fsp3) is 0.200. The quantitative estimate of drug-likeness (QED) is 0.830. The van der Waals surface area contributed by atoms with Crippen molar-refractivity contribution >= 4 is 23.4 Å². The Labute approximate surface area is 122 Å². The molecule has 20 heavy (non-hydrogen) atoms. The lowest BCUT2D eigenvalue weighted by molar-refractivity contribution is -0.119. The second-order valence-electron chi connectivity index (χ2n) is 4.16. The number of benzene rings is 1. The van der Waals surface area contributed by atoms with Gasteiger partial charge in [0.2, 0.25) is 5.91 Å². The molecule has 0 aliphatic heterocycles. The summed E-state index contributed by atoms with van der Waals surface area (Å²) < 4.78 is 4.77. The molecular formula is C15H16N2O2S. The van der Waals surface area contributed by atoms with Crippen molar-refractivity contribution in [3.8, 4) is 0 Å².